The van der Waals surface area contributed by atoms with Gasteiger partial charge in [-0.1, -0.05) is 48.5 Å². The van der Waals surface area contributed by atoms with E-state index in [1.807, 2.05) is 24.3 Å². The zero-order valence-corrected chi connectivity index (χ0v) is 17.5. The predicted molar refractivity (Wildman–Crippen MR) is 102 cm³/mol. The fraction of sp³-hybridized carbons (Fsp3) is 0.348. The number of nitrogens with zero attached hydrogens (tertiary/aromatic N) is 1. The van der Waals surface area contributed by atoms with E-state index in [1.54, 1.807) is 24.3 Å². The molecule has 2 aromatic carbocycles. The van der Waals surface area contributed by atoms with Crippen LogP contribution < -0.4 is 17.0 Å². The van der Waals surface area contributed by atoms with E-state index >= 15 is 4.39 Å². The summed E-state index contributed by atoms with van der Waals surface area (Å²) in [5.41, 5.74) is 0.0986. The standard InChI is InChI=1S/C23H23FNO2.BrH/c1-25(2)15-11-12-16(25)14-17(13-15)27-22(26)23(24)20-9-5-3-7-18(20)19-8-4-6-10-21(19)23;/h3-12,15-17H,13-14H2,1-2H3;1H/q+1;/p-1/t15-,16?,17?;/m1./s1. The molecule has 2 bridgehead atoms. The molecule has 3 atom stereocenters. The van der Waals surface area contributed by atoms with Gasteiger partial charge < -0.3 is 26.2 Å². The number of carbonyl (C=O) groups excluding carboxylic acids is 1. The third-order valence-electron chi connectivity index (χ3n) is 6.72. The summed E-state index contributed by atoms with van der Waals surface area (Å²) >= 11 is 0. The average molecular weight is 444 g/mol. The summed E-state index contributed by atoms with van der Waals surface area (Å²) in [5.74, 6) is -0.781. The summed E-state index contributed by atoms with van der Waals surface area (Å²) in [6, 6.07) is 15.1. The van der Waals surface area contributed by atoms with Crippen LogP contribution in [0.3, 0.4) is 0 Å². The molecule has 2 aliphatic heterocycles. The number of ether oxygens (including phenoxy) is 1. The lowest BCUT2D eigenvalue weighted by Gasteiger charge is -2.44. The number of alkyl halides is 1. The van der Waals surface area contributed by atoms with Crippen LogP contribution >= 0.6 is 0 Å². The van der Waals surface area contributed by atoms with Gasteiger partial charge in [-0.15, -0.1) is 0 Å². The van der Waals surface area contributed by atoms with Crippen molar-refractivity contribution in [2.45, 2.75) is 36.7 Å². The second kappa shape index (κ2) is 6.53. The molecular weight excluding hydrogens is 421 g/mol. The Labute approximate surface area is 175 Å². The summed E-state index contributed by atoms with van der Waals surface area (Å²) in [4.78, 5) is 13.1. The van der Waals surface area contributed by atoms with Gasteiger partial charge in [-0.25, -0.2) is 9.18 Å². The topological polar surface area (TPSA) is 26.3 Å². The average Bonchev–Trinajstić information content (AvgIpc) is 2.96. The van der Waals surface area contributed by atoms with E-state index in [1.165, 1.54) is 0 Å². The number of halogens is 2. The van der Waals surface area contributed by atoms with Gasteiger partial charge in [0, 0.05) is 24.0 Å². The van der Waals surface area contributed by atoms with Crippen LogP contribution in [0, 0.1) is 0 Å². The maximum absolute atomic E-state index is 16.3. The van der Waals surface area contributed by atoms with Gasteiger partial charge in [0.25, 0.3) is 5.67 Å². The van der Waals surface area contributed by atoms with E-state index in [4.69, 9.17) is 4.74 Å². The van der Waals surface area contributed by atoms with Gasteiger partial charge in [0.15, 0.2) is 0 Å². The molecule has 0 N–H and O–H groups in total. The van der Waals surface area contributed by atoms with Crippen LogP contribution in [0.2, 0.25) is 0 Å². The van der Waals surface area contributed by atoms with Crippen molar-refractivity contribution in [3.63, 3.8) is 0 Å². The molecule has 28 heavy (non-hydrogen) atoms. The molecule has 146 valence electrons. The molecule has 3 aliphatic rings. The normalized spacial score (nSPS) is 27.5. The van der Waals surface area contributed by atoms with Crippen LogP contribution in [0.4, 0.5) is 4.39 Å². The minimum absolute atomic E-state index is 0. The maximum atomic E-state index is 16.3. The second-order valence-electron chi connectivity index (χ2n) is 8.40. The molecular formula is C23H23BrFNO2. The fourth-order valence-electron chi connectivity index (χ4n) is 5.01. The second-order valence-corrected chi connectivity index (χ2v) is 8.40. The number of carbonyl (C=O) groups is 1. The first-order valence-corrected chi connectivity index (χ1v) is 9.53. The monoisotopic (exact) mass is 443 g/mol. The Morgan fingerprint density at radius 3 is 1.93 bits per heavy atom. The minimum atomic E-state index is -2.23. The molecule has 1 fully saturated rings. The van der Waals surface area contributed by atoms with Crippen molar-refractivity contribution in [3.8, 4) is 11.1 Å². The molecule has 1 saturated heterocycles. The van der Waals surface area contributed by atoms with Crippen LogP contribution in [0.25, 0.3) is 11.1 Å². The Bertz CT molecular complexity index is 907. The molecule has 0 spiro atoms. The highest BCUT2D eigenvalue weighted by atomic mass is 79.9. The molecule has 3 nitrogen and oxygen atoms in total. The minimum Gasteiger partial charge on any atom is -1.00 e. The van der Waals surface area contributed by atoms with Gasteiger partial charge in [-0.3, -0.25) is 0 Å². The van der Waals surface area contributed by atoms with Crippen molar-refractivity contribution in [3.05, 3.63) is 71.8 Å². The van der Waals surface area contributed by atoms with E-state index in [0.717, 1.165) is 28.5 Å². The summed E-state index contributed by atoms with van der Waals surface area (Å²) in [6.45, 7) is 0. The number of benzene rings is 2. The highest BCUT2D eigenvalue weighted by Crippen LogP contribution is 2.51. The molecule has 0 amide bonds. The SMILES string of the molecule is C[N+]1(C)C2C=C[C@@H]1CC(OC(=O)C1(F)c3ccccc3-c3ccccc31)C2.[Br-]. The Morgan fingerprint density at radius 1 is 0.964 bits per heavy atom. The number of hydrogen-bond acceptors (Lipinski definition) is 2. The summed E-state index contributed by atoms with van der Waals surface area (Å²) in [7, 11) is 4.40. The lowest BCUT2D eigenvalue weighted by atomic mass is 9.92. The van der Waals surface area contributed by atoms with E-state index in [0.29, 0.717) is 23.2 Å². The largest absolute Gasteiger partial charge is 1.00 e. The van der Waals surface area contributed by atoms with E-state index < -0.39 is 11.6 Å². The summed E-state index contributed by atoms with van der Waals surface area (Å²) in [6.07, 6.45) is 5.66. The third kappa shape index (κ3) is 2.52. The quantitative estimate of drug-likeness (QED) is 0.392. The van der Waals surface area contributed by atoms with Crippen molar-refractivity contribution in [1.82, 2.24) is 0 Å². The number of likely N-dealkylation sites (N-methyl/N-ethyl adjacent to an activating group) is 1. The molecule has 0 aromatic heterocycles. The van der Waals surface area contributed by atoms with Crippen molar-refractivity contribution in [2.75, 3.05) is 14.1 Å². The lowest BCUT2D eigenvalue weighted by Crippen LogP contribution is -3.00. The molecule has 5 heteroatoms. The highest BCUT2D eigenvalue weighted by Gasteiger charge is 2.53. The van der Waals surface area contributed by atoms with Crippen LogP contribution in [0.5, 0.6) is 0 Å². The number of fused-ring (bicyclic) bond motifs is 5. The Balaban J connectivity index is 0.00000192. The summed E-state index contributed by atoms with van der Waals surface area (Å²) < 4.78 is 23.0. The molecule has 2 aromatic rings. The van der Waals surface area contributed by atoms with Crippen LogP contribution in [0.1, 0.15) is 24.0 Å². The Morgan fingerprint density at radius 2 is 1.43 bits per heavy atom. The lowest BCUT2D eigenvalue weighted by molar-refractivity contribution is -0.926. The zero-order valence-electron chi connectivity index (χ0n) is 15.9. The van der Waals surface area contributed by atoms with Gasteiger partial charge in [0.05, 0.1) is 14.1 Å². The molecule has 2 unspecified atom stereocenters. The van der Waals surface area contributed by atoms with Crippen LogP contribution in [-0.2, 0) is 15.2 Å². The van der Waals surface area contributed by atoms with Gasteiger partial charge in [-0.05, 0) is 23.3 Å². The fourth-order valence-corrected chi connectivity index (χ4v) is 5.01. The van der Waals surface area contributed by atoms with Crippen molar-refractivity contribution in [2.24, 2.45) is 0 Å². The predicted octanol–water partition coefficient (Wildman–Crippen LogP) is 0.973. The molecule has 0 radical (unpaired) electrons. The first-order chi connectivity index (χ1) is 12.9. The first kappa shape index (κ1) is 19.3. The molecule has 2 heterocycles. The molecule has 0 saturated carbocycles. The van der Waals surface area contributed by atoms with Crippen molar-refractivity contribution < 1.29 is 35.4 Å². The Hall–Kier alpha value is -1.98. The molecule has 5 rings (SSSR count). The van der Waals surface area contributed by atoms with Crippen LogP contribution in [-0.4, -0.2) is 42.7 Å². The third-order valence-corrected chi connectivity index (χ3v) is 6.72. The molecule has 1 aliphatic carbocycles. The van der Waals surface area contributed by atoms with E-state index in [9.17, 15) is 4.79 Å². The number of hydrogen-bond donors (Lipinski definition) is 0. The van der Waals surface area contributed by atoms with Crippen molar-refractivity contribution in [1.29, 1.82) is 0 Å². The first-order valence-electron chi connectivity index (χ1n) is 9.53. The Kier molecular flexibility index (Phi) is 4.51. The number of esters is 1. The van der Waals surface area contributed by atoms with Gasteiger partial charge >= 0.3 is 5.97 Å². The van der Waals surface area contributed by atoms with Crippen LogP contribution in [0.15, 0.2) is 60.7 Å². The van der Waals surface area contributed by atoms with Gasteiger partial charge in [-0.2, -0.15) is 0 Å². The number of quaternary nitrogens is 1. The maximum Gasteiger partial charge on any atom is 0.353 e. The highest BCUT2D eigenvalue weighted by molar-refractivity contribution is 5.96. The number of piperidine rings is 1. The van der Waals surface area contributed by atoms with Gasteiger partial charge in [0.1, 0.15) is 18.2 Å². The number of rotatable bonds is 2. The van der Waals surface area contributed by atoms with Crippen molar-refractivity contribution >= 4 is 5.97 Å². The van der Waals surface area contributed by atoms with E-state index in [-0.39, 0.29) is 23.1 Å². The van der Waals surface area contributed by atoms with Gasteiger partial charge in [0.2, 0.25) is 0 Å². The smallest absolute Gasteiger partial charge is 0.353 e. The zero-order chi connectivity index (χ0) is 18.8. The van der Waals surface area contributed by atoms with E-state index in [2.05, 4.69) is 26.2 Å². The summed E-state index contributed by atoms with van der Waals surface area (Å²) in [5, 5.41) is 0.